The van der Waals surface area contributed by atoms with Gasteiger partial charge < -0.3 is 0 Å². The maximum atomic E-state index is 12.8. The molecular weight excluding hydrogens is 280 g/mol. The van der Waals surface area contributed by atoms with E-state index in [1.54, 1.807) is 6.07 Å². The molecular formula is C11H8BrClFN. The Balaban J connectivity index is 3.29. The zero-order valence-corrected chi connectivity index (χ0v) is 10.4. The van der Waals surface area contributed by atoms with Gasteiger partial charge in [-0.25, -0.2) is 4.39 Å². The van der Waals surface area contributed by atoms with Crippen LogP contribution in [-0.4, -0.2) is 0 Å². The first kappa shape index (κ1) is 12.2. The number of hydrogen-bond acceptors (Lipinski definition) is 1. The summed E-state index contributed by atoms with van der Waals surface area (Å²) < 4.78 is 13.4. The molecule has 0 amide bonds. The molecule has 0 aliphatic carbocycles. The summed E-state index contributed by atoms with van der Waals surface area (Å²) in [5.74, 6) is -0.343. The molecule has 1 rings (SSSR count). The van der Waals surface area contributed by atoms with Gasteiger partial charge in [-0.3, -0.25) is 0 Å². The molecule has 0 fully saturated rings. The van der Waals surface area contributed by atoms with Crippen molar-refractivity contribution >= 4 is 32.6 Å². The van der Waals surface area contributed by atoms with Gasteiger partial charge in [0.25, 0.3) is 0 Å². The molecule has 0 bridgehead atoms. The SMILES string of the molecule is CCC(C#N)=C(Cl)c1ccc(F)cc1Br. The fraction of sp³-hybridized carbons (Fsp3) is 0.182. The largest absolute Gasteiger partial charge is 0.207 e. The number of hydrogen-bond donors (Lipinski definition) is 0. The third-order valence-corrected chi connectivity index (χ3v) is 3.01. The monoisotopic (exact) mass is 287 g/mol. The molecule has 0 spiro atoms. The maximum Gasteiger partial charge on any atom is 0.124 e. The van der Waals surface area contributed by atoms with Crippen LogP contribution in [0, 0.1) is 17.1 Å². The molecule has 0 heterocycles. The Hall–Kier alpha value is -0.850. The molecule has 0 aliphatic heterocycles. The average molecular weight is 289 g/mol. The summed E-state index contributed by atoms with van der Waals surface area (Å²) in [5.41, 5.74) is 1.13. The first-order valence-corrected chi connectivity index (χ1v) is 5.51. The molecule has 0 atom stereocenters. The summed E-state index contributed by atoms with van der Waals surface area (Å²) in [6.07, 6.45) is 0.555. The Morgan fingerprint density at radius 2 is 2.27 bits per heavy atom. The lowest BCUT2D eigenvalue weighted by molar-refractivity contribution is 0.627. The van der Waals surface area contributed by atoms with Crippen molar-refractivity contribution in [3.05, 3.63) is 39.6 Å². The molecule has 1 nitrogen and oxygen atoms in total. The van der Waals surface area contributed by atoms with E-state index < -0.39 is 0 Å². The summed E-state index contributed by atoms with van der Waals surface area (Å²) in [7, 11) is 0. The molecule has 0 N–H and O–H groups in total. The highest BCUT2D eigenvalue weighted by atomic mass is 79.9. The van der Waals surface area contributed by atoms with Gasteiger partial charge in [-0.15, -0.1) is 0 Å². The molecule has 78 valence electrons. The van der Waals surface area contributed by atoms with E-state index in [-0.39, 0.29) is 5.82 Å². The maximum absolute atomic E-state index is 12.8. The number of halogens is 3. The summed E-state index contributed by atoms with van der Waals surface area (Å²) in [6.45, 7) is 1.85. The fourth-order valence-electron chi connectivity index (χ4n) is 1.11. The molecule has 1 aromatic rings. The van der Waals surface area contributed by atoms with Crippen LogP contribution in [0.1, 0.15) is 18.9 Å². The highest BCUT2D eigenvalue weighted by Gasteiger charge is 2.09. The van der Waals surface area contributed by atoms with E-state index in [4.69, 9.17) is 16.9 Å². The third-order valence-electron chi connectivity index (χ3n) is 1.92. The first-order chi connectivity index (χ1) is 7.10. The van der Waals surface area contributed by atoms with Crippen molar-refractivity contribution in [3.8, 4) is 6.07 Å². The minimum atomic E-state index is -0.343. The quantitative estimate of drug-likeness (QED) is 0.737. The molecule has 0 saturated carbocycles. The topological polar surface area (TPSA) is 23.8 Å². The van der Waals surface area contributed by atoms with E-state index in [1.807, 2.05) is 13.0 Å². The van der Waals surface area contributed by atoms with E-state index in [0.29, 0.717) is 27.1 Å². The fourth-order valence-corrected chi connectivity index (χ4v) is 2.12. The number of rotatable bonds is 2. The van der Waals surface area contributed by atoms with Gasteiger partial charge in [0.05, 0.1) is 11.1 Å². The van der Waals surface area contributed by atoms with E-state index in [2.05, 4.69) is 15.9 Å². The van der Waals surface area contributed by atoms with Crippen LogP contribution in [0.5, 0.6) is 0 Å². The number of nitriles is 1. The van der Waals surface area contributed by atoms with Gasteiger partial charge in [-0.2, -0.15) is 5.26 Å². The van der Waals surface area contributed by atoms with Crippen LogP contribution in [0.2, 0.25) is 0 Å². The smallest absolute Gasteiger partial charge is 0.124 e. The summed E-state index contributed by atoms with van der Waals surface area (Å²) in [5, 5.41) is 9.19. The average Bonchev–Trinajstić information content (AvgIpc) is 2.19. The Morgan fingerprint density at radius 1 is 1.60 bits per heavy atom. The number of benzene rings is 1. The Bertz CT molecular complexity index is 448. The van der Waals surface area contributed by atoms with Crippen LogP contribution >= 0.6 is 27.5 Å². The molecule has 1 aromatic carbocycles. The van der Waals surface area contributed by atoms with Crippen LogP contribution in [0.25, 0.3) is 5.03 Å². The van der Waals surface area contributed by atoms with E-state index >= 15 is 0 Å². The van der Waals surface area contributed by atoms with Crippen molar-refractivity contribution in [2.45, 2.75) is 13.3 Å². The van der Waals surface area contributed by atoms with Gasteiger partial charge in [0.1, 0.15) is 5.82 Å². The summed E-state index contributed by atoms with van der Waals surface area (Å²) >= 11 is 9.24. The second-order valence-corrected chi connectivity index (χ2v) is 4.11. The number of allylic oxidation sites excluding steroid dienone is 1. The highest BCUT2D eigenvalue weighted by Crippen LogP contribution is 2.31. The summed E-state index contributed by atoms with van der Waals surface area (Å²) in [6, 6.07) is 6.21. The molecule has 15 heavy (non-hydrogen) atoms. The van der Waals surface area contributed by atoms with Crippen molar-refractivity contribution in [2.75, 3.05) is 0 Å². The predicted octanol–water partition coefficient (Wildman–Crippen LogP) is 4.47. The molecule has 4 heteroatoms. The van der Waals surface area contributed by atoms with Crippen molar-refractivity contribution in [1.82, 2.24) is 0 Å². The lowest BCUT2D eigenvalue weighted by Gasteiger charge is -2.04. The predicted molar refractivity (Wildman–Crippen MR) is 62.8 cm³/mol. The highest BCUT2D eigenvalue weighted by molar-refractivity contribution is 9.10. The second-order valence-electron chi connectivity index (χ2n) is 2.88. The van der Waals surface area contributed by atoms with E-state index in [0.717, 1.165) is 0 Å². The van der Waals surface area contributed by atoms with Gasteiger partial charge in [-0.05, 0) is 24.6 Å². The first-order valence-electron chi connectivity index (χ1n) is 4.34. The minimum Gasteiger partial charge on any atom is -0.207 e. The van der Waals surface area contributed by atoms with Crippen LogP contribution in [0.3, 0.4) is 0 Å². The van der Waals surface area contributed by atoms with Crippen LogP contribution in [0.15, 0.2) is 28.2 Å². The van der Waals surface area contributed by atoms with Gasteiger partial charge >= 0.3 is 0 Å². The third kappa shape index (κ3) is 2.80. The summed E-state index contributed by atoms with van der Waals surface area (Å²) in [4.78, 5) is 0. The molecule has 0 unspecified atom stereocenters. The van der Waals surface area contributed by atoms with Gasteiger partial charge in [-0.1, -0.05) is 34.5 Å². The Kier molecular flexibility index (Phi) is 4.31. The van der Waals surface area contributed by atoms with Gasteiger partial charge in [0.15, 0.2) is 0 Å². The lowest BCUT2D eigenvalue weighted by atomic mass is 10.1. The number of nitrogens with zero attached hydrogens (tertiary/aromatic N) is 1. The van der Waals surface area contributed by atoms with Crippen LogP contribution < -0.4 is 0 Å². The molecule has 0 aliphatic rings. The van der Waals surface area contributed by atoms with Crippen molar-refractivity contribution < 1.29 is 4.39 Å². The van der Waals surface area contributed by atoms with Gasteiger partial charge in [0, 0.05) is 15.6 Å². The van der Waals surface area contributed by atoms with E-state index in [1.165, 1.54) is 12.1 Å². The minimum absolute atomic E-state index is 0.343. The van der Waals surface area contributed by atoms with Gasteiger partial charge in [0.2, 0.25) is 0 Å². The molecule has 0 saturated heterocycles. The van der Waals surface area contributed by atoms with E-state index in [9.17, 15) is 4.39 Å². The zero-order valence-electron chi connectivity index (χ0n) is 8.02. The Morgan fingerprint density at radius 3 is 2.73 bits per heavy atom. The van der Waals surface area contributed by atoms with Crippen LogP contribution in [0.4, 0.5) is 4.39 Å². The standard InChI is InChI=1S/C11H8BrClFN/c1-2-7(6-15)11(13)9-4-3-8(14)5-10(9)12/h3-5H,2H2,1H3. The Labute approximate surface area is 101 Å². The normalized spacial score (nSPS) is 11.9. The van der Waals surface area contributed by atoms with Crippen molar-refractivity contribution in [3.63, 3.8) is 0 Å². The van der Waals surface area contributed by atoms with Crippen LogP contribution in [-0.2, 0) is 0 Å². The molecule has 0 aromatic heterocycles. The van der Waals surface area contributed by atoms with Crippen molar-refractivity contribution in [1.29, 1.82) is 5.26 Å². The lowest BCUT2D eigenvalue weighted by Crippen LogP contribution is -1.86. The van der Waals surface area contributed by atoms with Crippen molar-refractivity contribution in [2.24, 2.45) is 0 Å². The second kappa shape index (κ2) is 5.29. The zero-order chi connectivity index (χ0) is 11.4. The molecule has 0 radical (unpaired) electrons.